The van der Waals surface area contributed by atoms with E-state index in [9.17, 15) is 14.4 Å². The maximum Gasteiger partial charge on any atom is 0.426 e. The van der Waals surface area contributed by atoms with Crippen molar-refractivity contribution >= 4 is 41.1 Å². The molecular formula is C26H32ClN3O5S. The molecule has 1 aromatic carbocycles. The molecule has 2 amide bonds. The first-order valence-corrected chi connectivity index (χ1v) is 13.6. The van der Waals surface area contributed by atoms with Crippen LogP contribution < -0.4 is 10.9 Å². The third-order valence-corrected chi connectivity index (χ3v) is 7.46. The van der Waals surface area contributed by atoms with E-state index in [1.165, 1.54) is 23.2 Å². The molecule has 0 spiro atoms. The van der Waals surface area contributed by atoms with Crippen molar-refractivity contribution in [3.05, 3.63) is 57.1 Å². The lowest BCUT2D eigenvalue weighted by molar-refractivity contribution is -0.135. The van der Waals surface area contributed by atoms with Crippen molar-refractivity contribution in [2.45, 2.75) is 71.0 Å². The van der Waals surface area contributed by atoms with Crippen LogP contribution in [0, 0.1) is 5.92 Å². The number of carbonyl (C=O) groups is 3. The lowest BCUT2D eigenvalue weighted by atomic mass is 9.87. The molecule has 1 unspecified atom stereocenters. The van der Waals surface area contributed by atoms with Gasteiger partial charge in [-0.1, -0.05) is 60.8 Å². The fraction of sp³-hybridized carbons (Fsp3) is 0.500. The van der Waals surface area contributed by atoms with Gasteiger partial charge in [0, 0.05) is 10.9 Å². The normalized spacial score (nSPS) is 20.7. The number of hydrogen-bond donors (Lipinski definition) is 2. The molecule has 1 aromatic rings. The van der Waals surface area contributed by atoms with Gasteiger partial charge in [-0.2, -0.15) is 0 Å². The van der Waals surface area contributed by atoms with Crippen LogP contribution in [0.2, 0.25) is 5.02 Å². The standard InChI is InChI=1S/C26H32ClN3O5S/c1-26(2,3)34-25(33)28-30-15-36-23-20(24(32)29-35-19-7-5-4-6-8-19)14-17(22(31)21(23)30)13-16-9-11-18(27)12-10-16/h9-12,14,17,19H,4-8,13,15H2,1-3H3,(H,28,33)(H,29,32). The Kier molecular flexibility index (Phi) is 8.32. The number of amides is 2. The Morgan fingerprint density at radius 1 is 1.14 bits per heavy atom. The first kappa shape index (κ1) is 26.6. The minimum atomic E-state index is -0.691. The number of hydrogen-bond acceptors (Lipinski definition) is 7. The zero-order chi connectivity index (χ0) is 25.9. The molecule has 0 aromatic heterocycles. The summed E-state index contributed by atoms with van der Waals surface area (Å²) >= 11 is 7.34. The molecule has 1 saturated carbocycles. The number of halogens is 1. The van der Waals surface area contributed by atoms with Crippen LogP contribution in [0.15, 0.2) is 46.5 Å². The van der Waals surface area contributed by atoms with Gasteiger partial charge < -0.3 is 4.74 Å². The Morgan fingerprint density at radius 2 is 1.83 bits per heavy atom. The highest BCUT2D eigenvalue weighted by atomic mass is 35.5. The lowest BCUT2D eigenvalue weighted by Gasteiger charge is -2.28. The highest BCUT2D eigenvalue weighted by molar-refractivity contribution is 8.03. The fourth-order valence-electron chi connectivity index (χ4n) is 4.44. The van der Waals surface area contributed by atoms with Crippen molar-refractivity contribution in [3.63, 3.8) is 0 Å². The predicted molar refractivity (Wildman–Crippen MR) is 139 cm³/mol. The number of Topliss-reactive ketones (excluding diaryl/α,β-unsaturated/α-hetero) is 1. The molecule has 4 rings (SSSR count). The Hall–Kier alpha value is -2.49. The topological polar surface area (TPSA) is 97.0 Å². The lowest BCUT2D eigenvalue weighted by Crippen LogP contribution is -2.45. The summed E-state index contributed by atoms with van der Waals surface area (Å²) in [7, 11) is 0. The number of thioether (sulfide) groups is 1. The molecular weight excluding hydrogens is 502 g/mol. The highest BCUT2D eigenvalue weighted by Gasteiger charge is 2.41. The summed E-state index contributed by atoms with van der Waals surface area (Å²) in [6, 6.07) is 7.26. The first-order valence-electron chi connectivity index (χ1n) is 12.2. The smallest absolute Gasteiger partial charge is 0.426 e. The minimum Gasteiger partial charge on any atom is -0.443 e. The molecule has 1 fully saturated rings. The van der Waals surface area contributed by atoms with Gasteiger partial charge in [-0.05, 0) is 57.7 Å². The molecule has 10 heteroatoms. The number of hydrazine groups is 1. The molecule has 1 heterocycles. The van der Waals surface area contributed by atoms with Crippen LogP contribution in [-0.2, 0) is 25.6 Å². The Bertz CT molecular complexity index is 1070. The number of benzene rings is 1. The van der Waals surface area contributed by atoms with Crippen molar-refractivity contribution in [1.82, 2.24) is 15.9 Å². The quantitative estimate of drug-likeness (QED) is 0.494. The molecule has 1 atom stereocenters. The molecule has 2 N–H and O–H groups in total. The zero-order valence-electron chi connectivity index (χ0n) is 20.8. The molecule has 0 bridgehead atoms. The van der Waals surface area contributed by atoms with Crippen LogP contribution in [0.25, 0.3) is 0 Å². The number of rotatable bonds is 6. The maximum absolute atomic E-state index is 13.6. The monoisotopic (exact) mass is 533 g/mol. The number of ether oxygens (including phenoxy) is 1. The molecule has 3 aliphatic rings. The van der Waals surface area contributed by atoms with Crippen molar-refractivity contribution in [3.8, 4) is 0 Å². The van der Waals surface area contributed by atoms with E-state index < -0.39 is 23.5 Å². The van der Waals surface area contributed by atoms with Crippen LogP contribution in [0.3, 0.4) is 0 Å². The molecule has 194 valence electrons. The number of nitrogens with one attached hydrogen (secondary N) is 2. The van der Waals surface area contributed by atoms with E-state index in [0.29, 0.717) is 21.9 Å². The summed E-state index contributed by atoms with van der Waals surface area (Å²) in [6.07, 6.45) is 6.58. The SMILES string of the molecule is CC(C)(C)OC(=O)NN1CSC2=C1C(=O)C(Cc1ccc(Cl)cc1)C=C2C(=O)NOC1CCCCC1. The van der Waals surface area contributed by atoms with Gasteiger partial charge in [0.25, 0.3) is 5.91 Å². The summed E-state index contributed by atoms with van der Waals surface area (Å²) in [6.45, 7) is 5.30. The second-order valence-corrected chi connectivity index (χ2v) is 11.6. The number of ketones is 1. The number of nitrogens with zero attached hydrogens (tertiary/aromatic N) is 1. The minimum absolute atomic E-state index is 0.00611. The summed E-state index contributed by atoms with van der Waals surface area (Å²) < 4.78 is 5.37. The van der Waals surface area contributed by atoms with Crippen molar-refractivity contribution < 1.29 is 24.0 Å². The molecule has 0 saturated heterocycles. The predicted octanol–water partition coefficient (Wildman–Crippen LogP) is 5.05. The van der Waals surface area contributed by atoms with Crippen LogP contribution in [0.4, 0.5) is 4.79 Å². The van der Waals surface area contributed by atoms with Crippen LogP contribution in [0.1, 0.15) is 58.4 Å². The van der Waals surface area contributed by atoms with Crippen molar-refractivity contribution in [1.29, 1.82) is 0 Å². The van der Waals surface area contributed by atoms with Gasteiger partial charge in [-0.15, -0.1) is 0 Å². The second-order valence-electron chi connectivity index (χ2n) is 10.2. The third-order valence-electron chi connectivity index (χ3n) is 6.11. The van der Waals surface area contributed by atoms with E-state index in [1.54, 1.807) is 39.0 Å². The highest BCUT2D eigenvalue weighted by Crippen LogP contribution is 2.42. The third kappa shape index (κ3) is 6.63. The van der Waals surface area contributed by atoms with Crippen LogP contribution in [0.5, 0.6) is 0 Å². The van der Waals surface area contributed by atoms with E-state index in [2.05, 4.69) is 10.9 Å². The van der Waals surface area contributed by atoms with Crippen LogP contribution >= 0.6 is 23.4 Å². The maximum atomic E-state index is 13.6. The average Bonchev–Trinajstić information content (AvgIpc) is 3.24. The number of carbonyl (C=O) groups excluding carboxylic acids is 3. The average molecular weight is 534 g/mol. The molecule has 0 radical (unpaired) electrons. The molecule has 2 aliphatic carbocycles. The van der Waals surface area contributed by atoms with Gasteiger partial charge >= 0.3 is 6.09 Å². The second kappa shape index (κ2) is 11.3. The molecule has 36 heavy (non-hydrogen) atoms. The first-order chi connectivity index (χ1) is 17.1. The van der Waals surface area contributed by atoms with E-state index >= 15 is 0 Å². The summed E-state index contributed by atoms with van der Waals surface area (Å²) in [5.41, 5.74) is 6.16. The number of hydroxylamine groups is 1. The zero-order valence-corrected chi connectivity index (χ0v) is 22.3. The van der Waals surface area contributed by atoms with Crippen molar-refractivity contribution in [2.24, 2.45) is 5.92 Å². The number of allylic oxidation sites excluding steroid dienone is 2. The van der Waals surface area contributed by atoms with E-state index in [1.807, 2.05) is 12.1 Å². The van der Waals surface area contributed by atoms with E-state index in [4.69, 9.17) is 21.2 Å². The summed E-state index contributed by atoms with van der Waals surface area (Å²) in [5, 5.41) is 2.07. The van der Waals surface area contributed by atoms with Crippen LogP contribution in [-0.4, -0.2) is 40.4 Å². The Balaban J connectivity index is 1.57. The van der Waals surface area contributed by atoms with E-state index in [-0.39, 0.29) is 23.5 Å². The van der Waals surface area contributed by atoms with Gasteiger partial charge in [-0.25, -0.2) is 15.7 Å². The molecule has 8 nitrogen and oxygen atoms in total. The summed E-state index contributed by atoms with van der Waals surface area (Å²) in [4.78, 5) is 45.5. The van der Waals surface area contributed by atoms with Gasteiger partial charge in [0.05, 0.1) is 22.5 Å². The Morgan fingerprint density at radius 3 is 2.50 bits per heavy atom. The fourth-order valence-corrected chi connectivity index (χ4v) is 5.68. The molecule has 1 aliphatic heterocycles. The van der Waals surface area contributed by atoms with Gasteiger partial charge in [0.15, 0.2) is 5.78 Å². The van der Waals surface area contributed by atoms with Gasteiger partial charge in [0.1, 0.15) is 11.3 Å². The summed E-state index contributed by atoms with van der Waals surface area (Å²) in [5.74, 6) is -0.890. The van der Waals surface area contributed by atoms with E-state index in [0.717, 1.165) is 31.2 Å². The largest absolute Gasteiger partial charge is 0.443 e. The Labute approximate surface area is 220 Å². The van der Waals surface area contributed by atoms with Crippen molar-refractivity contribution in [2.75, 3.05) is 5.88 Å². The van der Waals surface area contributed by atoms with Gasteiger partial charge in [0.2, 0.25) is 0 Å². The van der Waals surface area contributed by atoms with Gasteiger partial charge in [-0.3, -0.25) is 19.4 Å².